The van der Waals surface area contributed by atoms with E-state index < -0.39 is 0 Å². The fourth-order valence-electron chi connectivity index (χ4n) is 2.59. The number of allylic oxidation sites excluding steroid dienone is 2. The van der Waals surface area contributed by atoms with Crippen LogP contribution < -0.4 is 0 Å². The van der Waals surface area contributed by atoms with Gasteiger partial charge in [-0.2, -0.15) is 0 Å². The highest BCUT2D eigenvalue weighted by molar-refractivity contribution is 5.86. The van der Waals surface area contributed by atoms with Crippen LogP contribution in [-0.4, -0.2) is 5.78 Å². The molecule has 0 aromatic rings. The molecule has 2 unspecified atom stereocenters. The molecular weight excluding hydrogens is 148 g/mol. The molecule has 0 bridgehead atoms. The second-order valence-corrected chi connectivity index (χ2v) is 4.33. The Kier molecular flexibility index (Phi) is 1.82. The number of carbonyl (C=O) groups is 1. The van der Waals surface area contributed by atoms with Gasteiger partial charge >= 0.3 is 0 Å². The number of carbonyl (C=O) groups excluding carboxylic acids is 1. The van der Waals surface area contributed by atoms with Gasteiger partial charge in [0, 0.05) is 12.3 Å². The van der Waals surface area contributed by atoms with Crippen LogP contribution in [0.1, 0.15) is 39.5 Å². The van der Waals surface area contributed by atoms with E-state index in [1.165, 1.54) is 24.0 Å². The van der Waals surface area contributed by atoms with Crippen LogP contribution in [0.5, 0.6) is 0 Å². The third-order valence-electron chi connectivity index (χ3n) is 3.32. The maximum Gasteiger partial charge on any atom is 0.140 e. The van der Waals surface area contributed by atoms with Crippen molar-refractivity contribution in [1.82, 2.24) is 0 Å². The van der Waals surface area contributed by atoms with Gasteiger partial charge in [-0.15, -0.1) is 0 Å². The molecule has 1 nitrogen and oxygen atoms in total. The molecule has 66 valence electrons. The summed E-state index contributed by atoms with van der Waals surface area (Å²) in [6, 6.07) is 0. The summed E-state index contributed by atoms with van der Waals surface area (Å²) >= 11 is 0. The van der Waals surface area contributed by atoms with E-state index >= 15 is 0 Å². The van der Waals surface area contributed by atoms with Crippen molar-refractivity contribution in [2.45, 2.75) is 39.5 Å². The molecule has 0 heterocycles. The maximum atomic E-state index is 11.5. The Balaban J connectivity index is 2.19. The van der Waals surface area contributed by atoms with E-state index in [9.17, 15) is 4.79 Å². The lowest BCUT2D eigenvalue weighted by Crippen LogP contribution is -2.39. The minimum atomic E-state index is 0.351. The molecule has 0 saturated heterocycles. The number of ketones is 1. The minimum Gasteiger partial charge on any atom is -0.299 e. The summed E-state index contributed by atoms with van der Waals surface area (Å²) in [4.78, 5) is 11.5. The Labute approximate surface area is 73.8 Å². The molecule has 0 spiro atoms. The zero-order chi connectivity index (χ0) is 8.72. The van der Waals surface area contributed by atoms with Gasteiger partial charge in [-0.25, -0.2) is 0 Å². The summed E-state index contributed by atoms with van der Waals surface area (Å²) in [7, 11) is 0. The van der Waals surface area contributed by atoms with Gasteiger partial charge in [0.2, 0.25) is 0 Å². The van der Waals surface area contributed by atoms with Crippen molar-refractivity contribution >= 4 is 5.78 Å². The average molecular weight is 164 g/mol. The first-order valence-electron chi connectivity index (χ1n) is 4.89. The highest BCUT2D eigenvalue weighted by Crippen LogP contribution is 2.48. The molecule has 2 aliphatic rings. The molecule has 12 heavy (non-hydrogen) atoms. The number of fused-ring (bicyclic) bond motifs is 1. The van der Waals surface area contributed by atoms with Crippen molar-refractivity contribution in [3.05, 3.63) is 11.1 Å². The lowest BCUT2D eigenvalue weighted by Gasteiger charge is -2.43. The van der Waals surface area contributed by atoms with Crippen LogP contribution in [0, 0.1) is 11.8 Å². The Morgan fingerprint density at radius 2 is 2.17 bits per heavy atom. The lowest BCUT2D eigenvalue weighted by atomic mass is 9.60. The minimum absolute atomic E-state index is 0.351. The number of rotatable bonds is 0. The van der Waals surface area contributed by atoms with Gasteiger partial charge in [-0.05, 0) is 39.0 Å². The Morgan fingerprint density at radius 1 is 1.42 bits per heavy atom. The van der Waals surface area contributed by atoms with Crippen LogP contribution in [0.25, 0.3) is 0 Å². The van der Waals surface area contributed by atoms with Crippen LogP contribution in [-0.2, 0) is 4.79 Å². The first-order valence-corrected chi connectivity index (χ1v) is 4.89. The predicted octanol–water partition coefficient (Wildman–Crippen LogP) is 2.71. The molecule has 2 rings (SSSR count). The van der Waals surface area contributed by atoms with Gasteiger partial charge in [0.1, 0.15) is 5.78 Å². The first kappa shape index (κ1) is 8.03. The maximum absolute atomic E-state index is 11.5. The van der Waals surface area contributed by atoms with E-state index in [1.54, 1.807) is 0 Å². The van der Waals surface area contributed by atoms with Gasteiger partial charge in [-0.1, -0.05) is 11.1 Å². The quantitative estimate of drug-likeness (QED) is 0.503. The molecule has 1 heteroatoms. The highest BCUT2D eigenvalue weighted by atomic mass is 16.1. The largest absolute Gasteiger partial charge is 0.299 e. The van der Waals surface area contributed by atoms with E-state index in [1.807, 2.05) is 0 Å². The van der Waals surface area contributed by atoms with Gasteiger partial charge in [0.15, 0.2) is 0 Å². The fraction of sp³-hybridized carbons (Fsp3) is 0.727. The van der Waals surface area contributed by atoms with Crippen molar-refractivity contribution in [2.75, 3.05) is 0 Å². The van der Waals surface area contributed by atoms with E-state index in [0.717, 1.165) is 18.8 Å². The monoisotopic (exact) mass is 164 g/mol. The molecule has 0 aliphatic heterocycles. The van der Waals surface area contributed by atoms with Crippen molar-refractivity contribution in [2.24, 2.45) is 11.8 Å². The van der Waals surface area contributed by atoms with Crippen molar-refractivity contribution < 1.29 is 4.79 Å². The molecule has 0 aromatic carbocycles. The molecule has 0 radical (unpaired) electrons. The molecule has 2 saturated carbocycles. The second kappa shape index (κ2) is 2.72. The first-order chi connectivity index (χ1) is 5.70. The van der Waals surface area contributed by atoms with E-state index in [4.69, 9.17) is 0 Å². The number of Topliss-reactive ketones (excluding diaryl/α,β-unsaturated/α-hetero) is 1. The van der Waals surface area contributed by atoms with Gasteiger partial charge < -0.3 is 0 Å². The SMILES string of the molecule is CC(C)=C1CC2CCCC(=O)C12. The molecule has 2 atom stereocenters. The van der Waals surface area contributed by atoms with Crippen LogP contribution in [0.4, 0.5) is 0 Å². The van der Waals surface area contributed by atoms with Crippen LogP contribution in [0.15, 0.2) is 11.1 Å². The topological polar surface area (TPSA) is 17.1 Å². The summed E-state index contributed by atoms with van der Waals surface area (Å²) in [5, 5.41) is 0. The van der Waals surface area contributed by atoms with E-state index in [0.29, 0.717) is 11.7 Å². The predicted molar refractivity (Wildman–Crippen MR) is 48.8 cm³/mol. The van der Waals surface area contributed by atoms with Gasteiger partial charge in [0.05, 0.1) is 0 Å². The molecule has 0 N–H and O–H groups in total. The third kappa shape index (κ3) is 1.03. The van der Waals surface area contributed by atoms with Crippen LogP contribution >= 0.6 is 0 Å². The Bertz CT molecular complexity index is 246. The third-order valence-corrected chi connectivity index (χ3v) is 3.32. The summed E-state index contributed by atoms with van der Waals surface area (Å²) in [5.74, 6) is 1.58. The van der Waals surface area contributed by atoms with Crippen LogP contribution in [0.3, 0.4) is 0 Å². The number of hydrogen-bond donors (Lipinski definition) is 0. The zero-order valence-electron chi connectivity index (χ0n) is 7.89. The molecule has 0 aromatic heterocycles. The average Bonchev–Trinajstić information content (AvgIpc) is 1.91. The summed E-state index contributed by atoms with van der Waals surface area (Å²) in [5.41, 5.74) is 2.83. The Morgan fingerprint density at radius 3 is 2.75 bits per heavy atom. The molecule has 2 fully saturated rings. The summed E-state index contributed by atoms with van der Waals surface area (Å²) in [6.45, 7) is 4.26. The zero-order valence-corrected chi connectivity index (χ0v) is 7.89. The normalized spacial score (nSPS) is 34.2. The smallest absolute Gasteiger partial charge is 0.140 e. The highest BCUT2D eigenvalue weighted by Gasteiger charge is 2.42. The summed E-state index contributed by atoms with van der Waals surface area (Å²) in [6.07, 6.45) is 4.46. The standard InChI is InChI=1S/C11H16O/c1-7(2)9-6-8-4-3-5-10(12)11(8)9/h8,11H,3-6H2,1-2H3. The van der Waals surface area contributed by atoms with Gasteiger partial charge in [0.25, 0.3) is 0 Å². The number of hydrogen-bond acceptors (Lipinski definition) is 1. The van der Waals surface area contributed by atoms with Crippen molar-refractivity contribution in [3.63, 3.8) is 0 Å². The van der Waals surface area contributed by atoms with E-state index in [-0.39, 0.29) is 0 Å². The van der Waals surface area contributed by atoms with Crippen molar-refractivity contribution in [1.29, 1.82) is 0 Å². The molecular formula is C11H16O. The molecule has 2 aliphatic carbocycles. The molecule has 0 amide bonds. The van der Waals surface area contributed by atoms with Crippen LogP contribution in [0.2, 0.25) is 0 Å². The van der Waals surface area contributed by atoms with Crippen molar-refractivity contribution in [3.8, 4) is 0 Å². The summed E-state index contributed by atoms with van der Waals surface area (Å²) < 4.78 is 0. The Hall–Kier alpha value is -0.590. The lowest BCUT2D eigenvalue weighted by molar-refractivity contribution is -0.127. The van der Waals surface area contributed by atoms with Gasteiger partial charge in [-0.3, -0.25) is 4.79 Å². The fourth-order valence-corrected chi connectivity index (χ4v) is 2.59. The second-order valence-electron chi connectivity index (χ2n) is 4.33. The van der Waals surface area contributed by atoms with E-state index in [2.05, 4.69) is 13.8 Å².